The topological polar surface area (TPSA) is 36.3 Å². The van der Waals surface area contributed by atoms with Crippen molar-refractivity contribution in [1.82, 2.24) is 0 Å². The van der Waals surface area contributed by atoms with Crippen LogP contribution in [-0.4, -0.2) is 6.54 Å². The van der Waals surface area contributed by atoms with E-state index in [0.717, 1.165) is 46.3 Å². The van der Waals surface area contributed by atoms with Crippen LogP contribution in [0.3, 0.4) is 0 Å². The number of anilines is 2. The van der Waals surface area contributed by atoms with Gasteiger partial charge in [0.25, 0.3) is 0 Å². The van der Waals surface area contributed by atoms with E-state index in [2.05, 4.69) is 42.2 Å². The van der Waals surface area contributed by atoms with Gasteiger partial charge in [0.1, 0.15) is 6.07 Å². The molecule has 0 unspecified atom stereocenters. The molecular weight excluding hydrogens is 376 g/mol. The van der Waals surface area contributed by atoms with E-state index < -0.39 is 0 Å². The molecule has 2 aromatic carbocycles. The van der Waals surface area contributed by atoms with Gasteiger partial charge >= 0.3 is 0 Å². The van der Waals surface area contributed by atoms with Crippen LogP contribution in [0, 0.1) is 11.3 Å². The molecule has 4 heteroatoms. The van der Waals surface area contributed by atoms with E-state index >= 15 is 0 Å². The number of rotatable bonds is 7. The number of para-hydroxylation sites is 2. The second-order valence-electron chi connectivity index (χ2n) is 7.16. The SMILES string of the molecule is CCCCCCN1c2ccccc2Oc2cc(/C=C(\C#N)c3cccs3)ccc21. The van der Waals surface area contributed by atoms with Crippen LogP contribution < -0.4 is 9.64 Å². The molecule has 0 radical (unpaired) electrons. The number of hydrogen-bond donors (Lipinski definition) is 0. The summed E-state index contributed by atoms with van der Waals surface area (Å²) in [5.74, 6) is 1.73. The van der Waals surface area contributed by atoms with Gasteiger partial charge in [0, 0.05) is 11.4 Å². The molecule has 1 aliphatic rings. The summed E-state index contributed by atoms with van der Waals surface area (Å²) in [5.41, 5.74) is 3.86. The highest BCUT2D eigenvalue weighted by molar-refractivity contribution is 7.11. The lowest BCUT2D eigenvalue weighted by atomic mass is 10.1. The zero-order valence-electron chi connectivity index (χ0n) is 16.6. The summed E-state index contributed by atoms with van der Waals surface area (Å²) >= 11 is 1.58. The van der Waals surface area contributed by atoms with Crippen molar-refractivity contribution in [3.8, 4) is 17.6 Å². The molecular formula is C25H24N2OS. The number of nitriles is 1. The smallest absolute Gasteiger partial charge is 0.151 e. The standard InChI is InChI=1S/C25H24N2OS/c1-2-3-4-7-14-27-21-9-5-6-10-23(21)28-24-17-19(12-13-22(24)27)16-20(18-26)25-11-8-15-29-25/h5-6,8-13,15-17H,2-4,7,14H2,1H3/b20-16+. The van der Waals surface area contributed by atoms with Crippen LogP contribution in [0.1, 0.15) is 43.0 Å². The van der Waals surface area contributed by atoms with Gasteiger partial charge in [-0.15, -0.1) is 11.3 Å². The summed E-state index contributed by atoms with van der Waals surface area (Å²) in [7, 11) is 0. The highest BCUT2D eigenvalue weighted by Gasteiger charge is 2.23. The average Bonchev–Trinajstić information content (AvgIpc) is 3.29. The molecule has 0 aliphatic carbocycles. The third-order valence-electron chi connectivity index (χ3n) is 5.10. The molecule has 1 aromatic heterocycles. The lowest BCUT2D eigenvalue weighted by Gasteiger charge is -2.33. The molecule has 0 bridgehead atoms. The van der Waals surface area contributed by atoms with E-state index in [0.29, 0.717) is 5.57 Å². The molecule has 0 saturated carbocycles. The Kier molecular flexibility index (Phi) is 5.97. The molecule has 0 fully saturated rings. The van der Waals surface area contributed by atoms with Crippen molar-refractivity contribution in [2.24, 2.45) is 0 Å². The van der Waals surface area contributed by atoms with Crippen molar-refractivity contribution < 1.29 is 4.74 Å². The molecule has 0 amide bonds. The third-order valence-corrected chi connectivity index (χ3v) is 6.01. The van der Waals surface area contributed by atoms with Gasteiger partial charge in [-0.25, -0.2) is 0 Å². The maximum Gasteiger partial charge on any atom is 0.151 e. The number of fused-ring (bicyclic) bond motifs is 2. The highest BCUT2D eigenvalue weighted by atomic mass is 32.1. The Hall–Kier alpha value is -3.03. The van der Waals surface area contributed by atoms with Crippen LogP contribution >= 0.6 is 11.3 Å². The first-order chi connectivity index (χ1) is 14.3. The van der Waals surface area contributed by atoms with Crippen molar-refractivity contribution >= 4 is 34.4 Å². The van der Waals surface area contributed by atoms with E-state index in [9.17, 15) is 5.26 Å². The van der Waals surface area contributed by atoms with Crippen LogP contribution in [0.15, 0.2) is 60.0 Å². The summed E-state index contributed by atoms with van der Waals surface area (Å²) in [6, 6.07) is 20.7. The molecule has 3 aromatic rings. The van der Waals surface area contributed by atoms with E-state index in [1.807, 2.05) is 41.8 Å². The van der Waals surface area contributed by atoms with Gasteiger partial charge in [-0.1, -0.05) is 50.5 Å². The maximum absolute atomic E-state index is 9.56. The summed E-state index contributed by atoms with van der Waals surface area (Å²) in [4.78, 5) is 3.34. The van der Waals surface area contributed by atoms with Crippen molar-refractivity contribution in [1.29, 1.82) is 5.26 Å². The van der Waals surface area contributed by atoms with Crippen LogP contribution in [0.5, 0.6) is 11.5 Å². The van der Waals surface area contributed by atoms with E-state index in [4.69, 9.17) is 4.74 Å². The number of allylic oxidation sites excluding steroid dienone is 1. The second kappa shape index (κ2) is 8.98. The predicted molar refractivity (Wildman–Crippen MR) is 122 cm³/mol. The largest absolute Gasteiger partial charge is 0.453 e. The van der Waals surface area contributed by atoms with Crippen LogP contribution in [0.25, 0.3) is 11.6 Å². The maximum atomic E-state index is 9.56. The number of nitrogens with zero attached hydrogens (tertiary/aromatic N) is 2. The molecule has 29 heavy (non-hydrogen) atoms. The molecule has 2 heterocycles. The Morgan fingerprint density at radius 3 is 2.69 bits per heavy atom. The zero-order valence-corrected chi connectivity index (χ0v) is 17.4. The average molecular weight is 401 g/mol. The minimum atomic E-state index is 0.674. The first-order valence-electron chi connectivity index (χ1n) is 10.1. The normalized spacial score (nSPS) is 12.7. The van der Waals surface area contributed by atoms with Gasteiger partial charge in [-0.05, 0) is 53.8 Å². The van der Waals surface area contributed by atoms with Gasteiger partial charge in [0.15, 0.2) is 11.5 Å². The lowest BCUT2D eigenvalue weighted by Crippen LogP contribution is -2.22. The Balaban J connectivity index is 1.66. The Morgan fingerprint density at radius 1 is 1.03 bits per heavy atom. The molecule has 0 atom stereocenters. The van der Waals surface area contributed by atoms with Crippen molar-refractivity contribution in [3.63, 3.8) is 0 Å². The number of hydrogen-bond acceptors (Lipinski definition) is 4. The van der Waals surface area contributed by atoms with Gasteiger partial charge < -0.3 is 9.64 Å². The van der Waals surface area contributed by atoms with Crippen LogP contribution in [0.4, 0.5) is 11.4 Å². The van der Waals surface area contributed by atoms with Crippen molar-refractivity contribution in [2.45, 2.75) is 32.6 Å². The summed E-state index contributed by atoms with van der Waals surface area (Å²) in [6.07, 6.45) is 6.82. The first kappa shape index (κ1) is 19.3. The fraction of sp³-hybridized carbons (Fsp3) is 0.240. The van der Waals surface area contributed by atoms with E-state index in [1.54, 1.807) is 11.3 Å². The van der Waals surface area contributed by atoms with Crippen molar-refractivity contribution in [3.05, 3.63) is 70.4 Å². The molecule has 0 N–H and O–H groups in total. The zero-order chi connectivity index (χ0) is 20.1. The third kappa shape index (κ3) is 4.21. The number of benzene rings is 2. The molecule has 0 saturated heterocycles. The minimum Gasteiger partial charge on any atom is -0.453 e. The summed E-state index contributed by atoms with van der Waals surface area (Å²) in [5, 5.41) is 11.5. The Bertz CT molecular complexity index is 1050. The van der Waals surface area contributed by atoms with E-state index in [1.165, 1.54) is 19.3 Å². The van der Waals surface area contributed by atoms with E-state index in [-0.39, 0.29) is 0 Å². The fourth-order valence-corrected chi connectivity index (χ4v) is 4.33. The van der Waals surface area contributed by atoms with Gasteiger partial charge in [0.2, 0.25) is 0 Å². The molecule has 3 nitrogen and oxygen atoms in total. The van der Waals surface area contributed by atoms with Gasteiger partial charge in [-0.3, -0.25) is 0 Å². The monoisotopic (exact) mass is 400 g/mol. The minimum absolute atomic E-state index is 0.674. The molecule has 1 aliphatic heterocycles. The summed E-state index contributed by atoms with van der Waals surface area (Å²) < 4.78 is 6.23. The first-order valence-corrected chi connectivity index (χ1v) is 11.0. The summed E-state index contributed by atoms with van der Waals surface area (Å²) in [6.45, 7) is 3.21. The highest BCUT2D eigenvalue weighted by Crippen LogP contribution is 2.47. The predicted octanol–water partition coefficient (Wildman–Crippen LogP) is 7.64. The molecule has 0 spiro atoms. The number of ether oxygens (including phenoxy) is 1. The van der Waals surface area contributed by atoms with Gasteiger partial charge in [-0.2, -0.15) is 5.26 Å². The molecule has 146 valence electrons. The number of thiophene rings is 1. The Labute approximate surface area is 176 Å². The second-order valence-corrected chi connectivity index (χ2v) is 8.10. The molecule has 4 rings (SSSR count). The van der Waals surface area contributed by atoms with Crippen molar-refractivity contribution in [2.75, 3.05) is 11.4 Å². The van der Waals surface area contributed by atoms with Crippen LogP contribution in [0.2, 0.25) is 0 Å². The quantitative estimate of drug-likeness (QED) is 0.302. The Morgan fingerprint density at radius 2 is 1.90 bits per heavy atom. The van der Waals surface area contributed by atoms with Gasteiger partial charge in [0.05, 0.1) is 16.9 Å². The lowest BCUT2D eigenvalue weighted by molar-refractivity contribution is 0.472. The fourth-order valence-electron chi connectivity index (χ4n) is 3.63. The van der Waals surface area contributed by atoms with Crippen LogP contribution in [-0.2, 0) is 0 Å². The number of unbranched alkanes of at least 4 members (excludes halogenated alkanes) is 3.